The van der Waals surface area contributed by atoms with E-state index in [2.05, 4.69) is 31.3 Å². The zero-order valence-corrected chi connectivity index (χ0v) is 62.2. The Balaban J connectivity index is 1.89. The predicted molar refractivity (Wildman–Crippen MR) is 398 cm³/mol. The minimum absolute atomic E-state index is 0.0198. The number of hydrogen-bond acceptors (Lipinski definition) is 10. The van der Waals surface area contributed by atoms with Crippen molar-refractivity contribution in [1.82, 2.24) is 5.32 Å². The number of unbranched alkanes of at least 4 members (excludes halogenated alkanes) is 59. The van der Waals surface area contributed by atoms with E-state index in [9.17, 15) is 35.1 Å². The van der Waals surface area contributed by atoms with Crippen LogP contribution in [0.5, 0.6) is 0 Å². The first kappa shape index (κ1) is 90.2. The van der Waals surface area contributed by atoms with Crippen molar-refractivity contribution in [3.63, 3.8) is 0 Å². The van der Waals surface area contributed by atoms with Gasteiger partial charge in [0.1, 0.15) is 24.4 Å². The van der Waals surface area contributed by atoms with Gasteiger partial charge in [-0.15, -0.1) is 0 Å². The molecule has 6 N–H and O–H groups in total. The average Bonchev–Trinajstić information content (AvgIpc) is 0.831. The Bertz CT molecular complexity index is 1610. The molecule has 0 aliphatic carbocycles. The van der Waals surface area contributed by atoms with Crippen molar-refractivity contribution in [3.05, 3.63) is 24.3 Å². The monoisotopic (exact) mass is 1330 g/mol. The second-order valence-corrected chi connectivity index (χ2v) is 29.2. The van der Waals surface area contributed by atoms with E-state index in [0.29, 0.717) is 19.4 Å². The summed E-state index contributed by atoms with van der Waals surface area (Å²) in [6.45, 7) is 4.39. The van der Waals surface area contributed by atoms with E-state index in [1.165, 1.54) is 353 Å². The van der Waals surface area contributed by atoms with E-state index in [1.54, 1.807) is 6.08 Å². The fraction of sp³-hybridized carbons (Fsp3) is 0.928. The first-order valence-electron chi connectivity index (χ1n) is 41.6. The van der Waals surface area contributed by atoms with E-state index < -0.39 is 49.5 Å². The van der Waals surface area contributed by atoms with Gasteiger partial charge in [-0.3, -0.25) is 9.59 Å². The molecular formula is C83H159NO10. The van der Waals surface area contributed by atoms with Gasteiger partial charge in [-0.1, -0.05) is 398 Å². The summed E-state index contributed by atoms with van der Waals surface area (Å²) in [6.07, 6.45) is 83.7. The van der Waals surface area contributed by atoms with Gasteiger partial charge in [-0.05, 0) is 44.9 Å². The number of carbonyl (C=O) groups is 2. The second kappa shape index (κ2) is 72.4. The molecule has 1 amide bonds. The Morgan fingerprint density at radius 3 is 1.05 bits per heavy atom. The first-order valence-corrected chi connectivity index (χ1v) is 41.6. The Morgan fingerprint density at radius 2 is 0.691 bits per heavy atom. The third-order valence-corrected chi connectivity index (χ3v) is 20.1. The molecule has 0 spiro atoms. The average molecular weight is 1330 g/mol. The van der Waals surface area contributed by atoms with Gasteiger partial charge >= 0.3 is 5.97 Å². The third-order valence-electron chi connectivity index (χ3n) is 20.1. The molecule has 1 rings (SSSR count). The standard InChI is InChI=1S/C83H159NO10/c1-3-5-7-9-11-13-15-17-43-46-49-53-57-61-65-69-76(86)75(74-93-83-82(91)81(90)80(89)77(73-85)94-83)84-78(87)70-66-62-58-54-50-47-44-41-39-37-35-33-31-29-27-25-23-21-19-18-20-22-24-26-28-30-32-34-36-38-40-42-45-48-52-56-60-64-68-72-92-79(88)71-67-63-59-55-51-16-14-12-10-8-6-4-2/h49,53,65,69,75-77,80-83,85-86,89-91H,3-48,50-52,54-64,66-68,70-74H2,1-2H3,(H,84,87)/b53-49+,69-65+. The molecule has 0 radical (unpaired) electrons. The highest BCUT2D eigenvalue weighted by atomic mass is 16.7. The lowest BCUT2D eigenvalue weighted by Gasteiger charge is -2.40. The lowest BCUT2D eigenvalue weighted by atomic mass is 9.99. The van der Waals surface area contributed by atoms with Gasteiger partial charge in [0, 0.05) is 12.8 Å². The zero-order chi connectivity index (χ0) is 67.9. The van der Waals surface area contributed by atoms with Crippen LogP contribution in [0.3, 0.4) is 0 Å². The number of amides is 1. The van der Waals surface area contributed by atoms with Gasteiger partial charge in [0.15, 0.2) is 6.29 Å². The summed E-state index contributed by atoms with van der Waals surface area (Å²) in [5.41, 5.74) is 0. The van der Waals surface area contributed by atoms with Crippen LogP contribution in [0.2, 0.25) is 0 Å². The highest BCUT2D eigenvalue weighted by molar-refractivity contribution is 5.76. The largest absolute Gasteiger partial charge is 0.466 e. The van der Waals surface area contributed by atoms with Crippen molar-refractivity contribution in [2.24, 2.45) is 0 Å². The summed E-state index contributed by atoms with van der Waals surface area (Å²) < 4.78 is 16.8. The van der Waals surface area contributed by atoms with E-state index in [0.717, 1.165) is 51.4 Å². The van der Waals surface area contributed by atoms with E-state index in [4.69, 9.17) is 14.2 Å². The van der Waals surface area contributed by atoms with Gasteiger partial charge in [0.2, 0.25) is 5.91 Å². The number of esters is 1. The summed E-state index contributed by atoms with van der Waals surface area (Å²) in [5.74, 6) is -0.163. The van der Waals surface area contributed by atoms with Crippen molar-refractivity contribution in [1.29, 1.82) is 0 Å². The molecule has 0 aromatic heterocycles. The van der Waals surface area contributed by atoms with Crippen molar-refractivity contribution in [2.75, 3.05) is 19.8 Å². The maximum atomic E-state index is 13.1. The van der Waals surface area contributed by atoms with Crippen LogP contribution in [0, 0.1) is 0 Å². The SMILES string of the molecule is CCCCCCCCCCC/C=C/CC/C=C/C(O)C(COC1OC(CO)C(O)C(O)C1O)NC(=O)CCCCCCCCCCCCCCCCCCCCCCCCCCCCCCCCCCCCCCCCCOC(=O)CCCCCCCCCCCCCC. The van der Waals surface area contributed by atoms with Crippen LogP contribution in [-0.4, -0.2) is 100 Å². The Kier molecular flexibility index (Phi) is 69.4. The molecule has 1 aliphatic heterocycles. The van der Waals surface area contributed by atoms with E-state index >= 15 is 0 Å². The smallest absolute Gasteiger partial charge is 0.305 e. The van der Waals surface area contributed by atoms with Crippen LogP contribution in [-0.2, 0) is 23.8 Å². The number of carbonyl (C=O) groups excluding carboxylic acids is 2. The lowest BCUT2D eigenvalue weighted by Crippen LogP contribution is -2.60. The quantitative estimate of drug-likeness (QED) is 0.0195. The Morgan fingerprint density at radius 1 is 0.383 bits per heavy atom. The molecule has 11 nitrogen and oxygen atoms in total. The molecule has 11 heteroatoms. The number of allylic oxidation sites excluding steroid dienone is 3. The van der Waals surface area contributed by atoms with Gasteiger partial charge in [-0.2, -0.15) is 0 Å². The van der Waals surface area contributed by atoms with Crippen LogP contribution in [0.25, 0.3) is 0 Å². The topological polar surface area (TPSA) is 175 Å². The maximum absolute atomic E-state index is 13.1. The molecule has 7 unspecified atom stereocenters. The Hall–Kier alpha value is -1.86. The molecule has 0 bridgehead atoms. The highest BCUT2D eigenvalue weighted by Crippen LogP contribution is 2.24. The Labute approximate surface area is 581 Å². The van der Waals surface area contributed by atoms with Gasteiger partial charge in [0.25, 0.3) is 0 Å². The van der Waals surface area contributed by atoms with Crippen molar-refractivity contribution in [3.8, 4) is 0 Å². The molecule has 1 fully saturated rings. The molecule has 0 saturated carbocycles. The van der Waals surface area contributed by atoms with Crippen molar-refractivity contribution < 1.29 is 49.3 Å². The number of hydrogen-bond donors (Lipinski definition) is 6. The molecule has 0 aromatic rings. The summed E-state index contributed by atoms with van der Waals surface area (Å²) >= 11 is 0. The third kappa shape index (κ3) is 60.1. The molecule has 7 atom stereocenters. The van der Waals surface area contributed by atoms with Crippen LogP contribution in [0.1, 0.15) is 431 Å². The fourth-order valence-corrected chi connectivity index (χ4v) is 13.6. The number of ether oxygens (including phenoxy) is 3. The first-order chi connectivity index (χ1) is 46.2. The molecule has 1 heterocycles. The molecule has 1 aliphatic rings. The van der Waals surface area contributed by atoms with Gasteiger partial charge < -0.3 is 45.1 Å². The molecule has 1 saturated heterocycles. The van der Waals surface area contributed by atoms with Crippen LogP contribution in [0.4, 0.5) is 0 Å². The summed E-state index contributed by atoms with van der Waals surface area (Å²) in [6, 6.07) is -0.823. The van der Waals surface area contributed by atoms with Crippen LogP contribution < -0.4 is 5.32 Å². The van der Waals surface area contributed by atoms with Crippen LogP contribution in [0.15, 0.2) is 24.3 Å². The number of nitrogens with one attached hydrogen (secondary N) is 1. The lowest BCUT2D eigenvalue weighted by molar-refractivity contribution is -0.302. The highest BCUT2D eigenvalue weighted by Gasteiger charge is 2.44. The van der Waals surface area contributed by atoms with E-state index in [1.807, 2.05) is 6.08 Å². The zero-order valence-electron chi connectivity index (χ0n) is 62.2. The number of aliphatic hydroxyl groups is 5. The van der Waals surface area contributed by atoms with Crippen molar-refractivity contribution >= 4 is 11.9 Å². The molecular weight excluding hydrogens is 1170 g/mol. The minimum Gasteiger partial charge on any atom is -0.466 e. The summed E-state index contributed by atoms with van der Waals surface area (Å²) in [7, 11) is 0. The van der Waals surface area contributed by atoms with Crippen LogP contribution >= 0.6 is 0 Å². The minimum atomic E-state index is -1.57. The van der Waals surface area contributed by atoms with Crippen molar-refractivity contribution in [2.45, 2.75) is 474 Å². The number of rotatable bonds is 75. The fourth-order valence-electron chi connectivity index (χ4n) is 13.6. The molecule has 94 heavy (non-hydrogen) atoms. The van der Waals surface area contributed by atoms with Gasteiger partial charge in [-0.25, -0.2) is 0 Å². The molecule has 556 valence electrons. The normalized spacial score (nSPS) is 17.5. The number of aliphatic hydroxyl groups excluding tert-OH is 5. The second-order valence-electron chi connectivity index (χ2n) is 29.2. The predicted octanol–water partition coefficient (Wildman–Crippen LogP) is 22.7. The van der Waals surface area contributed by atoms with E-state index in [-0.39, 0.29) is 18.5 Å². The molecule has 0 aromatic carbocycles. The maximum Gasteiger partial charge on any atom is 0.305 e. The summed E-state index contributed by atoms with van der Waals surface area (Å²) in [4.78, 5) is 25.2. The van der Waals surface area contributed by atoms with Gasteiger partial charge in [0.05, 0.1) is 32.0 Å². The summed E-state index contributed by atoms with van der Waals surface area (Å²) in [5, 5.41) is 54.6.